The molecule has 1 aromatic heterocycles. The second-order valence-corrected chi connectivity index (χ2v) is 11.9. The average Bonchev–Trinajstić information content (AvgIpc) is 3.71. The normalized spacial score (nSPS) is 21.2. The van der Waals surface area contributed by atoms with Crippen LogP contribution >= 0.6 is 0 Å². The number of fused-ring (bicyclic) bond motifs is 1. The van der Waals surface area contributed by atoms with Gasteiger partial charge in [0.15, 0.2) is 5.69 Å². The summed E-state index contributed by atoms with van der Waals surface area (Å²) in [7, 11) is 1.47. The average molecular weight is 606 g/mol. The van der Waals surface area contributed by atoms with Gasteiger partial charge in [0.1, 0.15) is 23.9 Å². The summed E-state index contributed by atoms with van der Waals surface area (Å²) in [5, 5.41) is 11.5. The van der Waals surface area contributed by atoms with Gasteiger partial charge in [0, 0.05) is 18.4 Å². The van der Waals surface area contributed by atoms with E-state index in [0.717, 1.165) is 19.3 Å². The van der Waals surface area contributed by atoms with Crippen molar-refractivity contribution in [3.63, 3.8) is 0 Å². The van der Waals surface area contributed by atoms with Crippen LogP contribution in [0, 0.1) is 17.8 Å². The monoisotopic (exact) mass is 605 g/mol. The summed E-state index contributed by atoms with van der Waals surface area (Å²) in [5.74, 6) is -5.21. The molecule has 3 amide bonds. The SMILES string of the molecule is CC[C@@H]1[C@@H](Oc2nc3cc(OC)ccc3nc2C(F)(F)CCCCC2CC2)CN(C(=O)[C@@H](NC(=O)O)C(C)C)[C@@H]1C(N)=O. The Balaban J connectivity index is 1.69. The molecule has 2 heterocycles. The molecule has 0 spiro atoms. The van der Waals surface area contributed by atoms with Gasteiger partial charge in [-0.15, -0.1) is 0 Å². The number of amides is 3. The number of carboxylic acid groups (broad SMARTS) is 1. The summed E-state index contributed by atoms with van der Waals surface area (Å²) in [5.41, 5.74) is 5.64. The first-order valence-electron chi connectivity index (χ1n) is 14.9. The number of unbranched alkanes of at least 4 members (excludes halogenated alkanes) is 1. The van der Waals surface area contributed by atoms with E-state index in [1.807, 2.05) is 0 Å². The molecule has 4 N–H and O–H groups in total. The Morgan fingerprint density at radius 1 is 1.19 bits per heavy atom. The predicted molar refractivity (Wildman–Crippen MR) is 154 cm³/mol. The fraction of sp³-hybridized carbons (Fsp3) is 0.633. The van der Waals surface area contributed by atoms with Gasteiger partial charge < -0.3 is 30.5 Å². The molecule has 2 aliphatic rings. The number of halogens is 2. The summed E-state index contributed by atoms with van der Waals surface area (Å²) in [6.45, 7) is 4.92. The molecule has 1 aromatic carbocycles. The molecular formula is C30H41F2N5O6. The van der Waals surface area contributed by atoms with Crippen LogP contribution in [0.1, 0.15) is 71.4 Å². The van der Waals surface area contributed by atoms with E-state index in [-0.39, 0.29) is 17.6 Å². The molecule has 43 heavy (non-hydrogen) atoms. The van der Waals surface area contributed by atoms with E-state index in [9.17, 15) is 19.5 Å². The molecule has 2 aromatic rings. The second kappa shape index (κ2) is 13.3. The Hall–Kier alpha value is -3.77. The van der Waals surface area contributed by atoms with Crippen LogP contribution in [0.4, 0.5) is 13.6 Å². The van der Waals surface area contributed by atoms with Crippen LogP contribution in [-0.4, -0.2) is 69.7 Å². The van der Waals surface area contributed by atoms with Crippen molar-refractivity contribution in [3.05, 3.63) is 23.9 Å². The van der Waals surface area contributed by atoms with E-state index in [2.05, 4.69) is 15.3 Å². The Morgan fingerprint density at radius 3 is 2.49 bits per heavy atom. The minimum absolute atomic E-state index is 0.181. The zero-order chi connectivity index (χ0) is 31.5. The van der Waals surface area contributed by atoms with Crippen LogP contribution in [0.3, 0.4) is 0 Å². The fourth-order valence-electron chi connectivity index (χ4n) is 5.82. The van der Waals surface area contributed by atoms with Gasteiger partial charge in [-0.1, -0.05) is 46.5 Å². The molecule has 4 rings (SSSR count). The standard InChI is InChI=1S/C30H41F2N5O6/c1-5-19-22(15-37(24(19)26(33)38)28(39)23(16(2)3)36-29(40)41)43-27-25(30(31,32)13-7-6-8-17-9-10-17)34-20-12-11-18(42-4)14-21(20)35-27/h11-12,14,16-17,19,22-24,36H,5-10,13,15H2,1-4H3,(H2,33,38)(H,40,41)/t19-,22+,23+,24+/m1/s1. The van der Waals surface area contributed by atoms with Gasteiger partial charge in [-0.3, -0.25) is 9.59 Å². The van der Waals surface area contributed by atoms with Gasteiger partial charge in [-0.25, -0.2) is 14.8 Å². The minimum atomic E-state index is -3.35. The minimum Gasteiger partial charge on any atom is -0.497 e. The Bertz CT molecular complexity index is 1340. The van der Waals surface area contributed by atoms with Crippen LogP contribution in [0.15, 0.2) is 18.2 Å². The summed E-state index contributed by atoms with van der Waals surface area (Å²) < 4.78 is 43.0. The van der Waals surface area contributed by atoms with E-state index < -0.39 is 71.8 Å². The van der Waals surface area contributed by atoms with E-state index in [1.54, 1.807) is 39.0 Å². The number of methoxy groups -OCH3 is 1. The van der Waals surface area contributed by atoms with Gasteiger partial charge >= 0.3 is 6.09 Å². The Morgan fingerprint density at radius 2 is 1.91 bits per heavy atom. The molecule has 0 radical (unpaired) electrons. The van der Waals surface area contributed by atoms with Gasteiger partial charge in [0.2, 0.25) is 17.7 Å². The highest BCUT2D eigenvalue weighted by molar-refractivity contribution is 5.91. The van der Waals surface area contributed by atoms with Crippen molar-refractivity contribution < 1.29 is 37.7 Å². The van der Waals surface area contributed by atoms with Crippen molar-refractivity contribution in [2.45, 2.75) is 89.8 Å². The summed E-state index contributed by atoms with van der Waals surface area (Å²) >= 11 is 0. The van der Waals surface area contributed by atoms with E-state index in [1.165, 1.54) is 12.0 Å². The van der Waals surface area contributed by atoms with E-state index in [0.29, 0.717) is 30.9 Å². The van der Waals surface area contributed by atoms with Crippen molar-refractivity contribution in [3.8, 4) is 11.6 Å². The first-order chi connectivity index (χ1) is 20.4. The van der Waals surface area contributed by atoms with Crippen molar-refractivity contribution in [2.24, 2.45) is 23.5 Å². The topological polar surface area (TPSA) is 157 Å². The van der Waals surface area contributed by atoms with Gasteiger partial charge in [-0.05, 0) is 36.8 Å². The lowest BCUT2D eigenvalue weighted by Gasteiger charge is -2.30. The fourth-order valence-corrected chi connectivity index (χ4v) is 5.82. The molecule has 4 atom stereocenters. The Labute approximate surface area is 249 Å². The lowest BCUT2D eigenvalue weighted by Crippen LogP contribution is -2.55. The molecule has 2 fully saturated rings. The number of primary amides is 1. The number of aromatic nitrogens is 2. The number of hydrogen-bond acceptors (Lipinski definition) is 7. The van der Waals surface area contributed by atoms with Crippen molar-refractivity contribution in [1.29, 1.82) is 0 Å². The van der Waals surface area contributed by atoms with Gasteiger partial charge in [0.25, 0.3) is 5.92 Å². The summed E-state index contributed by atoms with van der Waals surface area (Å²) in [4.78, 5) is 47.5. The smallest absolute Gasteiger partial charge is 0.405 e. The molecule has 1 aliphatic carbocycles. The zero-order valence-corrected chi connectivity index (χ0v) is 25.0. The van der Waals surface area contributed by atoms with Crippen LogP contribution in [0.25, 0.3) is 11.0 Å². The molecule has 1 saturated carbocycles. The van der Waals surface area contributed by atoms with Gasteiger partial charge in [0.05, 0.1) is 24.7 Å². The van der Waals surface area contributed by atoms with E-state index >= 15 is 8.78 Å². The lowest BCUT2D eigenvalue weighted by atomic mass is 9.94. The highest BCUT2D eigenvalue weighted by Gasteiger charge is 2.50. The lowest BCUT2D eigenvalue weighted by molar-refractivity contribution is -0.140. The zero-order valence-electron chi connectivity index (χ0n) is 25.0. The number of benzene rings is 1. The van der Waals surface area contributed by atoms with Crippen LogP contribution in [0.5, 0.6) is 11.6 Å². The number of rotatable bonds is 14. The molecule has 13 heteroatoms. The third-order valence-electron chi connectivity index (χ3n) is 8.35. The number of nitrogens with two attached hydrogens (primary N) is 1. The quantitative estimate of drug-likeness (QED) is 0.267. The maximum Gasteiger partial charge on any atom is 0.405 e. The number of likely N-dealkylation sites (tertiary alicyclic amines) is 1. The molecule has 0 bridgehead atoms. The first kappa shape index (κ1) is 32.2. The third-order valence-corrected chi connectivity index (χ3v) is 8.35. The highest BCUT2D eigenvalue weighted by atomic mass is 19.3. The third kappa shape index (κ3) is 7.42. The highest BCUT2D eigenvalue weighted by Crippen LogP contribution is 2.41. The van der Waals surface area contributed by atoms with Crippen LogP contribution in [0.2, 0.25) is 0 Å². The summed E-state index contributed by atoms with van der Waals surface area (Å²) in [6.07, 6.45) is 1.80. The van der Waals surface area contributed by atoms with Crippen LogP contribution in [-0.2, 0) is 15.5 Å². The van der Waals surface area contributed by atoms with Crippen molar-refractivity contribution in [1.82, 2.24) is 20.2 Å². The van der Waals surface area contributed by atoms with Crippen molar-refractivity contribution in [2.75, 3.05) is 13.7 Å². The largest absolute Gasteiger partial charge is 0.497 e. The first-order valence-corrected chi connectivity index (χ1v) is 14.9. The number of nitrogens with one attached hydrogen (secondary N) is 1. The van der Waals surface area contributed by atoms with Gasteiger partial charge in [-0.2, -0.15) is 8.78 Å². The Kier molecular flexibility index (Phi) is 9.91. The van der Waals surface area contributed by atoms with Crippen LogP contribution < -0.4 is 20.5 Å². The molecule has 11 nitrogen and oxygen atoms in total. The number of hydrogen-bond donors (Lipinski definition) is 3. The van der Waals surface area contributed by atoms with Crippen molar-refractivity contribution >= 4 is 28.9 Å². The molecule has 236 valence electrons. The number of carbonyl (C=O) groups excluding carboxylic acids is 2. The molecule has 1 saturated heterocycles. The molecule has 0 unspecified atom stereocenters. The van der Waals surface area contributed by atoms with E-state index in [4.69, 9.17) is 15.2 Å². The summed E-state index contributed by atoms with van der Waals surface area (Å²) in [6, 6.07) is 2.42. The number of alkyl halides is 2. The number of carbonyl (C=O) groups is 3. The predicted octanol–water partition coefficient (Wildman–Crippen LogP) is 4.46. The number of ether oxygens (including phenoxy) is 2. The number of nitrogens with zero attached hydrogens (tertiary/aromatic N) is 3. The molecular weight excluding hydrogens is 564 g/mol. The molecule has 1 aliphatic heterocycles. The second-order valence-electron chi connectivity index (χ2n) is 11.9. The maximum absolute atomic E-state index is 15.8. The maximum atomic E-state index is 15.8.